The Labute approximate surface area is 236 Å². The van der Waals surface area contributed by atoms with Crippen LogP contribution in [0, 0.1) is 0 Å². The molecule has 0 aliphatic heterocycles. The summed E-state index contributed by atoms with van der Waals surface area (Å²) >= 11 is 4.85. The molecular formula is C30H18N6S3. The van der Waals surface area contributed by atoms with Gasteiger partial charge in [-0.25, -0.2) is 29.9 Å². The van der Waals surface area contributed by atoms with Crippen molar-refractivity contribution >= 4 is 34.0 Å². The molecule has 9 heteroatoms. The minimum atomic E-state index is 0.619. The molecule has 186 valence electrons. The van der Waals surface area contributed by atoms with Crippen molar-refractivity contribution in [3.8, 4) is 65.9 Å². The zero-order chi connectivity index (χ0) is 26.0. The molecule has 0 spiro atoms. The third-order valence-electron chi connectivity index (χ3n) is 6.10. The Bertz CT molecular complexity index is 1580. The van der Waals surface area contributed by atoms with Crippen LogP contribution in [-0.2, 0) is 0 Å². The number of benzene rings is 3. The topological polar surface area (TPSA) is 77.3 Å². The van der Waals surface area contributed by atoms with Gasteiger partial charge in [0.1, 0.15) is 15.0 Å². The number of thiazole rings is 3. The van der Waals surface area contributed by atoms with Crippen LogP contribution in [0.4, 0.5) is 0 Å². The lowest BCUT2D eigenvalue weighted by Crippen LogP contribution is -2.00. The SMILES string of the molecule is c1csc(-c2ccc(-c3nc(-c4ccc(-c5nccs5)cc4)nc(-c4ccc(-c5nccs5)cc4)n3)cc2)n1. The molecule has 0 saturated carbocycles. The molecule has 4 heterocycles. The van der Waals surface area contributed by atoms with Gasteiger partial charge in [-0.1, -0.05) is 72.8 Å². The summed E-state index contributed by atoms with van der Waals surface area (Å²) in [5.74, 6) is 1.86. The quantitative estimate of drug-likeness (QED) is 0.205. The fourth-order valence-corrected chi connectivity index (χ4v) is 6.08. The fourth-order valence-electron chi connectivity index (χ4n) is 4.15. The van der Waals surface area contributed by atoms with Crippen LogP contribution >= 0.6 is 34.0 Å². The Morgan fingerprint density at radius 1 is 0.333 bits per heavy atom. The fraction of sp³-hybridized carbons (Fsp3) is 0. The van der Waals surface area contributed by atoms with Gasteiger partial charge in [0.15, 0.2) is 17.5 Å². The maximum absolute atomic E-state index is 4.89. The predicted molar refractivity (Wildman–Crippen MR) is 159 cm³/mol. The third kappa shape index (κ3) is 4.90. The highest BCUT2D eigenvalue weighted by Crippen LogP contribution is 2.30. The summed E-state index contributed by atoms with van der Waals surface area (Å²) in [4.78, 5) is 27.9. The second-order valence-electron chi connectivity index (χ2n) is 8.55. The van der Waals surface area contributed by atoms with Gasteiger partial charge < -0.3 is 0 Å². The predicted octanol–water partition coefficient (Wildman–Crippen LogP) is 8.24. The van der Waals surface area contributed by atoms with Gasteiger partial charge in [-0.2, -0.15) is 0 Å². The molecule has 7 aromatic rings. The average molecular weight is 559 g/mol. The largest absolute Gasteiger partial charge is 0.245 e. The Morgan fingerprint density at radius 2 is 0.590 bits per heavy atom. The van der Waals surface area contributed by atoms with Crippen LogP contribution in [-0.4, -0.2) is 29.9 Å². The van der Waals surface area contributed by atoms with Crippen molar-refractivity contribution in [2.75, 3.05) is 0 Å². The van der Waals surface area contributed by atoms with E-state index in [4.69, 9.17) is 15.0 Å². The Hall–Kier alpha value is -4.44. The van der Waals surface area contributed by atoms with E-state index in [1.54, 1.807) is 34.0 Å². The van der Waals surface area contributed by atoms with Crippen LogP contribution in [0.2, 0.25) is 0 Å². The first-order chi connectivity index (χ1) is 19.3. The molecule has 3 aromatic carbocycles. The lowest BCUT2D eigenvalue weighted by molar-refractivity contribution is 1.07. The van der Waals surface area contributed by atoms with Gasteiger partial charge in [0, 0.05) is 68.1 Å². The third-order valence-corrected chi connectivity index (χ3v) is 8.57. The van der Waals surface area contributed by atoms with E-state index in [0.717, 1.165) is 48.4 Å². The maximum atomic E-state index is 4.89. The summed E-state index contributed by atoms with van der Waals surface area (Å²) in [5.41, 5.74) is 5.95. The summed E-state index contributed by atoms with van der Waals surface area (Å²) in [7, 11) is 0. The van der Waals surface area contributed by atoms with Gasteiger partial charge in [-0.3, -0.25) is 0 Å². The van der Waals surface area contributed by atoms with Gasteiger partial charge in [-0.15, -0.1) is 34.0 Å². The first-order valence-electron chi connectivity index (χ1n) is 12.1. The van der Waals surface area contributed by atoms with Crippen molar-refractivity contribution in [3.05, 3.63) is 108 Å². The highest BCUT2D eigenvalue weighted by atomic mass is 32.1. The van der Waals surface area contributed by atoms with E-state index < -0.39 is 0 Å². The molecule has 0 aliphatic carbocycles. The van der Waals surface area contributed by atoms with Crippen LogP contribution in [0.3, 0.4) is 0 Å². The van der Waals surface area contributed by atoms with Crippen molar-refractivity contribution in [3.63, 3.8) is 0 Å². The summed E-state index contributed by atoms with van der Waals surface area (Å²) in [6.45, 7) is 0. The number of hydrogen-bond acceptors (Lipinski definition) is 9. The van der Waals surface area contributed by atoms with E-state index in [-0.39, 0.29) is 0 Å². The second-order valence-corrected chi connectivity index (χ2v) is 11.2. The van der Waals surface area contributed by atoms with Crippen molar-refractivity contribution in [2.45, 2.75) is 0 Å². The lowest BCUT2D eigenvalue weighted by atomic mass is 10.1. The Balaban J connectivity index is 1.30. The molecular weight excluding hydrogens is 541 g/mol. The Morgan fingerprint density at radius 3 is 0.821 bits per heavy atom. The van der Waals surface area contributed by atoms with E-state index in [1.165, 1.54) is 0 Å². The molecule has 7 rings (SSSR count). The van der Waals surface area contributed by atoms with Crippen molar-refractivity contribution < 1.29 is 0 Å². The minimum Gasteiger partial charge on any atom is -0.245 e. The van der Waals surface area contributed by atoms with Gasteiger partial charge in [-0.05, 0) is 0 Å². The summed E-state index contributed by atoms with van der Waals surface area (Å²) < 4.78 is 0. The van der Waals surface area contributed by atoms with Crippen LogP contribution in [0.5, 0.6) is 0 Å². The van der Waals surface area contributed by atoms with Crippen LogP contribution in [0.15, 0.2) is 108 Å². The van der Waals surface area contributed by atoms with E-state index in [9.17, 15) is 0 Å². The van der Waals surface area contributed by atoms with E-state index >= 15 is 0 Å². The van der Waals surface area contributed by atoms with Crippen LogP contribution in [0.1, 0.15) is 0 Å². The maximum Gasteiger partial charge on any atom is 0.164 e. The molecule has 6 nitrogen and oxygen atoms in total. The van der Waals surface area contributed by atoms with Gasteiger partial charge in [0.25, 0.3) is 0 Å². The molecule has 0 amide bonds. The highest BCUT2D eigenvalue weighted by molar-refractivity contribution is 7.13. The first-order valence-corrected chi connectivity index (χ1v) is 14.7. The molecule has 0 radical (unpaired) electrons. The molecule has 4 aromatic heterocycles. The molecule has 0 atom stereocenters. The smallest absolute Gasteiger partial charge is 0.164 e. The second kappa shape index (κ2) is 10.4. The summed E-state index contributed by atoms with van der Waals surface area (Å²) in [5, 5.41) is 8.89. The normalized spacial score (nSPS) is 11.1. The standard InChI is InChI=1S/C30H18N6S3/c1-7-22(28-31-13-16-37-28)8-2-19(1)25-34-26(20-3-9-23(10-4-20)29-32-14-17-38-29)36-27(35-25)21-5-11-24(12-6-21)30-33-15-18-39-30/h1-18H. The van der Waals surface area contributed by atoms with Crippen molar-refractivity contribution in [1.29, 1.82) is 0 Å². The van der Waals surface area contributed by atoms with Crippen molar-refractivity contribution in [2.24, 2.45) is 0 Å². The van der Waals surface area contributed by atoms with E-state index in [2.05, 4.69) is 51.4 Å². The monoisotopic (exact) mass is 558 g/mol. The van der Waals surface area contributed by atoms with E-state index in [1.807, 2.05) is 71.1 Å². The number of hydrogen-bond donors (Lipinski definition) is 0. The molecule has 0 fully saturated rings. The zero-order valence-corrected chi connectivity index (χ0v) is 22.7. The molecule has 0 N–H and O–H groups in total. The molecule has 39 heavy (non-hydrogen) atoms. The first kappa shape index (κ1) is 23.7. The van der Waals surface area contributed by atoms with Gasteiger partial charge >= 0.3 is 0 Å². The van der Waals surface area contributed by atoms with Gasteiger partial charge in [0.05, 0.1) is 0 Å². The highest BCUT2D eigenvalue weighted by Gasteiger charge is 2.14. The zero-order valence-electron chi connectivity index (χ0n) is 20.3. The lowest BCUT2D eigenvalue weighted by Gasteiger charge is -2.09. The Kier molecular flexibility index (Phi) is 6.29. The summed E-state index contributed by atoms with van der Waals surface area (Å²) in [6.07, 6.45) is 5.45. The molecule has 0 saturated heterocycles. The molecule has 0 bridgehead atoms. The summed E-state index contributed by atoms with van der Waals surface area (Å²) in [6, 6.07) is 24.6. The minimum absolute atomic E-state index is 0.619. The van der Waals surface area contributed by atoms with Crippen LogP contribution in [0.25, 0.3) is 65.9 Å². The van der Waals surface area contributed by atoms with Gasteiger partial charge in [0.2, 0.25) is 0 Å². The van der Waals surface area contributed by atoms with E-state index in [0.29, 0.717) is 17.5 Å². The number of aromatic nitrogens is 6. The number of rotatable bonds is 6. The average Bonchev–Trinajstić information content (AvgIpc) is 3.82. The molecule has 0 unspecified atom stereocenters. The van der Waals surface area contributed by atoms with Crippen LogP contribution < -0.4 is 0 Å². The number of nitrogens with zero attached hydrogens (tertiary/aromatic N) is 6. The molecule has 0 aliphatic rings. The van der Waals surface area contributed by atoms with Crippen molar-refractivity contribution in [1.82, 2.24) is 29.9 Å².